The summed E-state index contributed by atoms with van der Waals surface area (Å²) in [5.41, 5.74) is 0.00647. The molecule has 0 atom stereocenters. The summed E-state index contributed by atoms with van der Waals surface area (Å²) in [5.74, 6) is -0.509. The van der Waals surface area contributed by atoms with Gasteiger partial charge in [-0.2, -0.15) is 0 Å². The maximum absolute atomic E-state index is 14.3. The first-order valence-corrected chi connectivity index (χ1v) is 8.69. The number of rotatable bonds is 6. The van der Waals surface area contributed by atoms with Crippen LogP contribution in [0.25, 0.3) is 0 Å². The summed E-state index contributed by atoms with van der Waals surface area (Å²) in [5, 5.41) is 2.32. The summed E-state index contributed by atoms with van der Waals surface area (Å²) in [6, 6.07) is 15.2. The van der Waals surface area contributed by atoms with Crippen molar-refractivity contribution in [3.05, 3.63) is 78.4 Å². The van der Waals surface area contributed by atoms with E-state index in [1.54, 1.807) is 37.3 Å². The highest BCUT2D eigenvalue weighted by Gasteiger charge is 2.12. The third kappa shape index (κ3) is 5.52. The Bertz CT molecular complexity index is 1010. The molecule has 0 aliphatic rings. The van der Waals surface area contributed by atoms with E-state index in [2.05, 4.69) is 10.3 Å². The van der Waals surface area contributed by atoms with Gasteiger partial charge in [-0.15, -0.1) is 0 Å². The van der Waals surface area contributed by atoms with Crippen LogP contribution in [0.4, 0.5) is 14.9 Å². The predicted molar refractivity (Wildman–Crippen MR) is 103 cm³/mol. The molecule has 0 fully saturated rings. The second-order valence-corrected chi connectivity index (χ2v) is 5.67. The van der Waals surface area contributed by atoms with Gasteiger partial charge in [-0.05, 0) is 37.3 Å². The van der Waals surface area contributed by atoms with Gasteiger partial charge in [0.2, 0.25) is 0 Å². The molecule has 3 rings (SSSR count). The van der Waals surface area contributed by atoms with Gasteiger partial charge in [0.05, 0.1) is 12.3 Å². The highest BCUT2D eigenvalue weighted by Crippen LogP contribution is 2.26. The van der Waals surface area contributed by atoms with Crippen LogP contribution >= 0.6 is 0 Å². The zero-order valence-electron chi connectivity index (χ0n) is 15.4. The number of hydrogen-bond donors (Lipinski definition) is 1. The lowest BCUT2D eigenvalue weighted by Crippen LogP contribution is -2.17. The number of amides is 1. The molecule has 1 amide bonds. The fourth-order valence-electron chi connectivity index (χ4n) is 2.32. The number of aromatic nitrogens is 1. The molecular weight excluding hydrogens is 379 g/mol. The van der Waals surface area contributed by atoms with Crippen molar-refractivity contribution in [2.45, 2.75) is 6.92 Å². The summed E-state index contributed by atoms with van der Waals surface area (Å²) in [4.78, 5) is 27.5. The van der Waals surface area contributed by atoms with Gasteiger partial charge in [-0.1, -0.05) is 18.2 Å². The zero-order chi connectivity index (χ0) is 20.6. The van der Waals surface area contributed by atoms with Crippen molar-refractivity contribution in [3.63, 3.8) is 0 Å². The first-order valence-electron chi connectivity index (χ1n) is 8.69. The third-order valence-corrected chi connectivity index (χ3v) is 3.58. The highest BCUT2D eigenvalue weighted by molar-refractivity contribution is 5.87. The number of nitrogens with zero attached hydrogens (tertiary/aromatic N) is 1. The largest absolute Gasteiger partial charge is 0.461 e. The maximum atomic E-state index is 14.3. The topological polar surface area (TPSA) is 86.8 Å². The molecule has 1 aromatic heterocycles. The Morgan fingerprint density at radius 2 is 1.76 bits per heavy atom. The van der Waals surface area contributed by atoms with E-state index in [1.807, 2.05) is 0 Å². The molecule has 0 saturated carbocycles. The molecule has 29 heavy (non-hydrogen) atoms. The number of halogens is 1. The molecule has 0 spiro atoms. The van der Waals surface area contributed by atoms with Crippen molar-refractivity contribution < 1.29 is 28.2 Å². The summed E-state index contributed by atoms with van der Waals surface area (Å²) in [6.07, 6.45) is 0.560. The minimum atomic E-state index is -0.822. The van der Waals surface area contributed by atoms with Crippen LogP contribution in [0, 0.1) is 5.82 Å². The van der Waals surface area contributed by atoms with Crippen LogP contribution in [0.5, 0.6) is 17.2 Å². The molecule has 8 heteroatoms. The average Bonchev–Trinajstić information content (AvgIpc) is 2.71. The van der Waals surface area contributed by atoms with E-state index in [-0.39, 0.29) is 29.5 Å². The van der Waals surface area contributed by atoms with Gasteiger partial charge in [0.25, 0.3) is 0 Å². The maximum Gasteiger partial charge on any atom is 0.417 e. The van der Waals surface area contributed by atoms with Crippen molar-refractivity contribution in [1.82, 2.24) is 4.98 Å². The molecular formula is C21H17FN2O5. The van der Waals surface area contributed by atoms with Gasteiger partial charge in [-0.3, -0.25) is 5.32 Å². The molecule has 2 aromatic carbocycles. The molecule has 1 N–H and O–H groups in total. The summed E-state index contributed by atoms with van der Waals surface area (Å²) < 4.78 is 29.8. The monoisotopic (exact) mass is 396 g/mol. The van der Waals surface area contributed by atoms with Crippen molar-refractivity contribution in [1.29, 1.82) is 0 Å². The van der Waals surface area contributed by atoms with Crippen LogP contribution in [-0.2, 0) is 4.74 Å². The minimum Gasteiger partial charge on any atom is -0.461 e. The summed E-state index contributed by atoms with van der Waals surface area (Å²) >= 11 is 0. The Labute approximate surface area is 166 Å². The molecule has 0 aliphatic heterocycles. The molecule has 1 heterocycles. The third-order valence-electron chi connectivity index (χ3n) is 3.58. The number of ether oxygens (including phenoxy) is 3. The van der Waals surface area contributed by atoms with Crippen molar-refractivity contribution >= 4 is 17.7 Å². The Morgan fingerprint density at radius 1 is 1.00 bits per heavy atom. The molecule has 0 bridgehead atoms. The fraction of sp³-hybridized carbons (Fsp3) is 0.0952. The minimum absolute atomic E-state index is 0.0692. The SMILES string of the molecule is CCOC(=O)c1cc(Oc2ccc(NC(=O)Oc3ccccc3)c(F)c2)ccn1. The molecule has 148 valence electrons. The van der Waals surface area contributed by atoms with E-state index in [9.17, 15) is 14.0 Å². The number of pyridine rings is 1. The Morgan fingerprint density at radius 3 is 2.48 bits per heavy atom. The second-order valence-electron chi connectivity index (χ2n) is 5.67. The van der Waals surface area contributed by atoms with Crippen LogP contribution in [0.3, 0.4) is 0 Å². The Hall–Kier alpha value is -3.94. The van der Waals surface area contributed by atoms with Crippen LogP contribution in [0.15, 0.2) is 66.9 Å². The van der Waals surface area contributed by atoms with E-state index in [4.69, 9.17) is 14.2 Å². The van der Waals surface area contributed by atoms with E-state index < -0.39 is 17.9 Å². The second kappa shape index (κ2) is 9.32. The van der Waals surface area contributed by atoms with E-state index in [1.165, 1.54) is 30.5 Å². The molecule has 0 aliphatic carbocycles. The van der Waals surface area contributed by atoms with E-state index in [0.29, 0.717) is 5.75 Å². The highest BCUT2D eigenvalue weighted by atomic mass is 19.1. The Kier molecular flexibility index (Phi) is 6.36. The molecule has 7 nitrogen and oxygen atoms in total. The number of anilines is 1. The van der Waals surface area contributed by atoms with E-state index in [0.717, 1.165) is 6.07 Å². The normalized spacial score (nSPS) is 10.1. The van der Waals surface area contributed by atoms with Gasteiger partial charge in [0, 0.05) is 18.3 Å². The standard InChI is InChI=1S/C21H17FN2O5/c1-2-27-20(25)19-13-16(10-11-23-19)28-15-8-9-18(17(22)12-15)24-21(26)29-14-6-4-3-5-7-14/h3-13H,2H2,1H3,(H,24,26). The zero-order valence-corrected chi connectivity index (χ0v) is 15.4. The number of esters is 1. The van der Waals surface area contributed by atoms with Crippen LogP contribution in [0.1, 0.15) is 17.4 Å². The number of benzene rings is 2. The average molecular weight is 396 g/mol. The summed E-state index contributed by atoms with van der Waals surface area (Å²) in [6.45, 7) is 1.91. The van der Waals surface area contributed by atoms with Crippen molar-refractivity contribution in [2.75, 3.05) is 11.9 Å². The summed E-state index contributed by atoms with van der Waals surface area (Å²) in [7, 11) is 0. The number of para-hydroxylation sites is 1. The van der Waals surface area contributed by atoms with Gasteiger partial charge >= 0.3 is 12.1 Å². The lowest BCUT2D eigenvalue weighted by Gasteiger charge is -2.10. The quantitative estimate of drug-likeness (QED) is 0.602. The number of carbonyl (C=O) groups is 2. The Balaban J connectivity index is 1.66. The molecule has 0 radical (unpaired) electrons. The lowest BCUT2D eigenvalue weighted by molar-refractivity contribution is 0.0519. The lowest BCUT2D eigenvalue weighted by atomic mass is 10.3. The van der Waals surface area contributed by atoms with Crippen LogP contribution in [-0.4, -0.2) is 23.7 Å². The molecule has 0 saturated heterocycles. The fourth-order valence-corrected chi connectivity index (χ4v) is 2.32. The first-order chi connectivity index (χ1) is 14.0. The number of nitrogens with one attached hydrogen (secondary N) is 1. The van der Waals surface area contributed by atoms with Gasteiger partial charge in [-0.25, -0.2) is 19.0 Å². The molecule has 3 aromatic rings. The van der Waals surface area contributed by atoms with Crippen molar-refractivity contribution in [2.24, 2.45) is 0 Å². The van der Waals surface area contributed by atoms with Gasteiger partial charge < -0.3 is 14.2 Å². The van der Waals surface area contributed by atoms with Gasteiger partial charge in [0.1, 0.15) is 17.2 Å². The number of hydrogen-bond acceptors (Lipinski definition) is 6. The molecule has 0 unspecified atom stereocenters. The van der Waals surface area contributed by atoms with Gasteiger partial charge in [0.15, 0.2) is 11.5 Å². The van der Waals surface area contributed by atoms with Crippen LogP contribution in [0.2, 0.25) is 0 Å². The number of carbonyl (C=O) groups excluding carboxylic acids is 2. The van der Waals surface area contributed by atoms with E-state index >= 15 is 0 Å². The smallest absolute Gasteiger partial charge is 0.417 e. The predicted octanol–water partition coefficient (Wildman–Crippen LogP) is 4.80. The van der Waals surface area contributed by atoms with Crippen LogP contribution < -0.4 is 14.8 Å². The van der Waals surface area contributed by atoms with Crippen molar-refractivity contribution in [3.8, 4) is 17.2 Å². The first kappa shape index (κ1) is 19.8.